The molecule has 8 heteroatoms. The number of nitrogens with one attached hydrogen (secondary N) is 1. The van der Waals surface area contributed by atoms with Crippen molar-refractivity contribution >= 4 is 63.5 Å². The van der Waals surface area contributed by atoms with E-state index in [2.05, 4.69) is 5.32 Å². The third kappa shape index (κ3) is 5.38. The van der Waals surface area contributed by atoms with Crippen LogP contribution in [0.5, 0.6) is 5.75 Å². The number of rotatable bonds is 6. The van der Waals surface area contributed by atoms with Crippen LogP contribution in [0.25, 0.3) is 6.08 Å². The Kier molecular flexibility index (Phi) is 6.95. The summed E-state index contributed by atoms with van der Waals surface area (Å²) in [7, 11) is 0. The van der Waals surface area contributed by atoms with Gasteiger partial charge in [0.25, 0.3) is 11.8 Å². The standard InChI is InChI=1S/C21H19ClN2O3S2/c1-13(2)24-20(26)18(29-21(24)28)11-14-8-9-17(16(22)10-14)27-12-19(25)23-15-6-4-3-5-7-15/h3-11,13H,12H2,1-2H3,(H,23,25)/b18-11-. The van der Waals surface area contributed by atoms with Crippen molar-refractivity contribution in [3.63, 3.8) is 0 Å². The van der Waals surface area contributed by atoms with E-state index in [1.165, 1.54) is 11.8 Å². The molecule has 0 aliphatic carbocycles. The van der Waals surface area contributed by atoms with E-state index in [1.807, 2.05) is 32.0 Å². The van der Waals surface area contributed by atoms with Gasteiger partial charge in [-0.15, -0.1) is 0 Å². The van der Waals surface area contributed by atoms with Crippen LogP contribution in [-0.2, 0) is 9.59 Å². The number of carbonyl (C=O) groups excluding carboxylic acids is 2. The van der Waals surface area contributed by atoms with Gasteiger partial charge in [0.2, 0.25) is 0 Å². The van der Waals surface area contributed by atoms with Crippen LogP contribution in [0.2, 0.25) is 5.02 Å². The van der Waals surface area contributed by atoms with E-state index in [0.717, 1.165) is 5.56 Å². The third-order valence-electron chi connectivity index (χ3n) is 4.01. The second kappa shape index (κ2) is 9.43. The number of thiocarbonyl (C=S) groups is 1. The fourth-order valence-corrected chi connectivity index (χ4v) is 4.43. The van der Waals surface area contributed by atoms with Crippen LogP contribution in [0.15, 0.2) is 53.4 Å². The lowest BCUT2D eigenvalue weighted by Crippen LogP contribution is -2.34. The molecular formula is C21H19ClN2O3S2. The number of anilines is 1. The fraction of sp³-hybridized carbons (Fsp3) is 0.190. The van der Waals surface area contributed by atoms with E-state index < -0.39 is 0 Å². The van der Waals surface area contributed by atoms with Crippen LogP contribution in [0, 0.1) is 0 Å². The minimum absolute atomic E-state index is 0.00907. The molecule has 0 bridgehead atoms. The number of hydrogen-bond acceptors (Lipinski definition) is 5. The van der Waals surface area contributed by atoms with Crippen molar-refractivity contribution in [3.8, 4) is 5.75 Å². The molecule has 1 heterocycles. The fourth-order valence-electron chi connectivity index (χ4n) is 2.66. The molecule has 1 saturated heterocycles. The van der Waals surface area contributed by atoms with Gasteiger partial charge in [0.15, 0.2) is 6.61 Å². The van der Waals surface area contributed by atoms with Crippen LogP contribution in [0.1, 0.15) is 19.4 Å². The third-order valence-corrected chi connectivity index (χ3v) is 5.64. The highest BCUT2D eigenvalue weighted by molar-refractivity contribution is 8.26. The summed E-state index contributed by atoms with van der Waals surface area (Å²) < 4.78 is 6.06. The summed E-state index contributed by atoms with van der Waals surface area (Å²) in [5, 5.41) is 3.09. The quantitative estimate of drug-likeness (QED) is 0.501. The summed E-state index contributed by atoms with van der Waals surface area (Å²) in [6, 6.07) is 14.3. The van der Waals surface area contributed by atoms with Crippen molar-refractivity contribution < 1.29 is 14.3 Å². The Morgan fingerprint density at radius 2 is 2.00 bits per heavy atom. The zero-order valence-corrected chi connectivity index (χ0v) is 18.2. The van der Waals surface area contributed by atoms with Gasteiger partial charge in [0, 0.05) is 11.7 Å². The number of benzene rings is 2. The van der Waals surface area contributed by atoms with Crippen molar-refractivity contribution in [1.82, 2.24) is 4.90 Å². The molecule has 2 aromatic rings. The lowest BCUT2D eigenvalue weighted by molar-refractivity contribution is -0.123. The molecule has 1 N–H and O–H groups in total. The molecule has 0 spiro atoms. The number of thioether (sulfide) groups is 1. The molecule has 1 aliphatic rings. The number of ether oxygens (including phenoxy) is 1. The predicted octanol–water partition coefficient (Wildman–Crippen LogP) is 4.97. The Morgan fingerprint density at radius 3 is 2.62 bits per heavy atom. The first-order chi connectivity index (χ1) is 13.8. The number of amides is 2. The van der Waals surface area contributed by atoms with Gasteiger partial charge in [-0.2, -0.15) is 0 Å². The van der Waals surface area contributed by atoms with Crippen molar-refractivity contribution in [2.45, 2.75) is 19.9 Å². The lowest BCUT2D eigenvalue weighted by atomic mass is 10.2. The molecule has 0 atom stereocenters. The summed E-state index contributed by atoms with van der Waals surface area (Å²) in [6.45, 7) is 3.68. The molecule has 150 valence electrons. The maximum atomic E-state index is 12.5. The molecule has 0 unspecified atom stereocenters. The van der Waals surface area contributed by atoms with Gasteiger partial charge in [-0.25, -0.2) is 0 Å². The van der Waals surface area contributed by atoms with Crippen LogP contribution >= 0.6 is 35.6 Å². The van der Waals surface area contributed by atoms with E-state index in [4.69, 9.17) is 28.6 Å². The topological polar surface area (TPSA) is 58.6 Å². The Hall–Kier alpha value is -2.35. The maximum Gasteiger partial charge on any atom is 0.266 e. The highest BCUT2D eigenvalue weighted by Gasteiger charge is 2.33. The predicted molar refractivity (Wildman–Crippen MR) is 122 cm³/mol. The van der Waals surface area contributed by atoms with Crippen molar-refractivity contribution in [1.29, 1.82) is 0 Å². The zero-order chi connectivity index (χ0) is 21.0. The van der Waals surface area contributed by atoms with Gasteiger partial charge >= 0.3 is 0 Å². The molecule has 0 aromatic heterocycles. The summed E-state index contributed by atoms with van der Waals surface area (Å²) in [4.78, 5) is 26.6. The first-order valence-electron chi connectivity index (χ1n) is 8.89. The molecule has 1 fully saturated rings. The molecule has 2 aromatic carbocycles. The molecule has 1 aliphatic heterocycles. The number of para-hydroxylation sites is 1. The maximum absolute atomic E-state index is 12.5. The van der Waals surface area contributed by atoms with Gasteiger partial charge < -0.3 is 10.1 Å². The van der Waals surface area contributed by atoms with Crippen LogP contribution in [-0.4, -0.2) is 33.7 Å². The van der Waals surface area contributed by atoms with Crippen molar-refractivity contribution in [2.24, 2.45) is 0 Å². The molecule has 5 nitrogen and oxygen atoms in total. The smallest absolute Gasteiger partial charge is 0.266 e. The molecular weight excluding hydrogens is 428 g/mol. The van der Waals surface area contributed by atoms with E-state index in [0.29, 0.717) is 25.7 Å². The van der Waals surface area contributed by atoms with Gasteiger partial charge in [0.1, 0.15) is 10.1 Å². The first-order valence-corrected chi connectivity index (χ1v) is 10.5. The number of halogens is 1. The molecule has 3 rings (SSSR count). The van der Waals surface area contributed by atoms with Crippen molar-refractivity contribution in [3.05, 3.63) is 64.0 Å². The Morgan fingerprint density at radius 1 is 1.28 bits per heavy atom. The normalized spacial score (nSPS) is 15.3. The van der Waals surface area contributed by atoms with Crippen molar-refractivity contribution in [2.75, 3.05) is 11.9 Å². The minimum Gasteiger partial charge on any atom is -0.482 e. The van der Waals surface area contributed by atoms with Crippen LogP contribution in [0.4, 0.5) is 5.69 Å². The van der Waals surface area contributed by atoms with Crippen LogP contribution in [0.3, 0.4) is 0 Å². The molecule has 0 radical (unpaired) electrons. The summed E-state index contributed by atoms with van der Waals surface area (Å²) in [5.74, 6) is -0.000470. The van der Waals surface area contributed by atoms with E-state index >= 15 is 0 Å². The molecule has 2 amide bonds. The molecule has 29 heavy (non-hydrogen) atoms. The van der Waals surface area contributed by atoms with E-state index in [1.54, 1.807) is 41.3 Å². The minimum atomic E-state index is -0.284. The lowest BCUT2D eigenvalue weighted by Gasteiger charge is -2.18. The second-order valence-corrected chi connectivity index (χ2v) is 8.62. The largest absolute Gasteiger partial charge is 0.482 e. The monoisotopic (exact) mass is 446 g/mol. The zero-order valence-electron chi connectivity index (χ0n) is 15.8. The van der Waals surface area contributed by atoms with Gasteiger partial charge in [0.05, 0.1) is 9.93 Å². The van der Waals surface area contributed by atoms with Gasteiger partial charge in [-0.1, -0.05) is 59.8 Å². The Balaban J connectivity index is 1.64. The Bertz CT molecular complexity index is 977. The molecule has 0 saturated carbocycles. The number of carbonyl (C=O) groups is 2. The summed E-state index contributed by atoms with van der Waals surface area (Å²) >= 11 is 12.8. The first kappa shape index (κ1) is 21.4. The van der Waals surface area contributed by atoms with Crippen LogP contribution < -0.4 is 10.1 Å². The SMILES string of the molecule is CC(C)N1C(=O)/C(=C/c2ccc(OCC(=O)Nc3ccccc3)c(Cl)c2)SC1=S. The van der Waals surface area contributed by atoms with Gasteiger partial charge in [-0.3, -0.25) is 14.5 Å². The van der Waals surface area contributed by atoms with E-state index in [-0.39, 0.29) is 24.5 Å². The summed E-state index contributed by atoms with van der Waals surface area (Å²) in [6.07, 6.45) is 1.75. The average molecular weight is 447 g/mol. The number of nitrogens with zero attached hydrogens (tertiary/aromatic N) is 1. The Labute approximate surface area is 184 Å². The van der Waals surface area contributed by atoms with Gasteiger partial charge in [-0.05, 0) is 49.8 Å². The highest BCUT2D eigenvalue weighted by Crippen LogP contribution is 2.35. The number of hydrogen-bond donors (Lipinski definition) is 1. The average Bonchev–Trinajstić information content (AvgIpc) is 2.95. The highest BCUT2D eigenvalue weighted by atomic mass is 35.5. The summed E-state index contributed by atoms with van der Waals surface area (Å²) in [5.41, 5.74) is 1.45. The van der Waals surface area contributed by atoms with E-state index in [9.17, 15) is 9.59 Å². The second-order valence-electron chi connectivity index (χ2n) is 6.54.